The largest absolute Gasteiger partial charge is 0.214 e. The lowest BCUT2D eigenvalue weighted by molar-refractivity contribution is 0.569. The van der Waals surface area contributed by atoms with E-state index in [1.54, 1.807) is 13.8 Å². The van der Waals surface area contributed by atoms with Crippen LogP contribution < -0.4 is 4.72 Å². The molecule has 1 aliphatic carbocycles. The normalized spacial score (nSPS) is 30.9. The van der Waals surface area contributed by atoms with Crippen molar-refractivity contribution < 1.29 is 8.42 Å². The Morgan fingerprint density at radius 3 is 2.18 bits per heavy atom. The zero-order valence-corrected chi connectivity index (χ0v) is 7.98. The highest BCUT2D eigenvalue weighted by atomic mass is 32.2. The Kier molecular flexibility index (Phi) is 2.25. The smallest absolute Gasteiger partial charge is 0.212 e. The first-order valence-electron chi connectivity index (χ1n) is 3.94. The van der Waals surface area contributed by atoms with Crippen molar-refractivity contribution >= 4 is 10.0 Å². The molecule has 0 aromatic heterocycles. The summed E-state index contributed by atoms with van der Waals surface area (Å²) in [4.78, 5) is 0. The number of hydrogen-bond acceptors (Lipinski definition) is 2. The van der Waals surface area contributed by atoms with Gasteiger partial charge in [-0.1, -0.05) is 6.92 Å². The molecule has 11 heavy (non-hydrogen) atoms. The van der Waals surface area contributed by atoms with Crippen LogP contribution in [0.25, 0.3) is 0 Å². The van der Waals surface area contributed by atoms with Crippen LogP contribution in [0.2, 0.25) is 0 Å². The quantitative estimate of drug-likeness (QED) is 0.690. The SMILES string of the molecule is CC(C)S(=O)(=O)N[C@@H]1C[C@H]1C. The Bertz CT molecular complexity index is 233. The molecule has 0 aliphatic heterocycles. The third-order valence-corrected chi connectivity index (χ3v) is 3.92. The van der Waals surface area contributed by atoms with Crippen LogP contribution in [0.5, 0.6) is 0 Å². The van der Waals surface area contributed by atoms with Gasteiger partial charge in [-0.15, -0.1) is 0 Å². The fraction of sp³-hybridized carbons (Fsp3) is 1.00. The molecule has 1 N–H and O–H groups in total. The molecule has 0 amide bonds. The van der Waals surface area contributed by atoms with Crippen molar-refractivity contribution in [3.63, 3.8) is 0 Å². The van der Waals surface area contributed by atoms with Crippen LogP contribution in [-0.4, -0.2) is 19.7 Å². The topological polar surface area (TPSA) is 46.2 Å². The second-order valence-corrected chi connectivity index (χ2v) is 5.80. The fourth-order valence-corrected chi connectivity index (χ4v) is 1.86. The molecule has 1 rings (SSSR count). The average Bonchev–Trinajstić information content (AvgIpc) is 2.45. The summed E-state index contributed by atoms with van der Waals surface area (Å²) >= 11 is 0. The Labute approximate surface area is 68.2 Å². The Balaban J connectivity index is 2.48. The molecule has 0 radical (unpaired) electrons. The maximum atomic E-state index is 11.2. The number of sulfonamides is 1. The summed E-state index contributed by atoms with van der Waals surface area (Å²) in [5.41, 5.74) is 0. The summed E-state index contributed by atoms with van der Waals surface area (Å²) in [7, 11) is -3.02. The van der Waals surface area contributed by atoms with Gasteiger partial charge in [-0.3, -0.25) is 0 Å². The van der Waals surface area contributed by atoms with Crippen LogP contribution in [-0.2, 0) is 10.0 Å². The minimum atomic E-state index is -3.02. The van der Waals surface area contributed by atoms with E-state index >= 15 is 0 Å². The molecular weight excluding hydrogens is 162 g/mol. The second-order valence-electron chi connectivity index (χ2n) is 3.53. The van der Waals surface area contributed by atoms with Gasteiger partial charge in [0.2, 0.25) is 10.0 Å². The summed E-state index contributed by atoms with van der Waals surface area (Å²) in [6.45, 7) is 5.43. The molecule has 0 heterocycles. The van der Waals surface area contributed by atoms with Gasteiger partial charge in [0.05, 0.1) is 5.25 Å². The van der Waals surface area contributed by atoms with E-state index in [1.807, 2.05) is 6.92 Å². The summed E-state index contributed by atoms with van der Waals surface area (Å²) < 4.78 is 25.1. The number of nitrogens with one attached hydrogen (secondary N) is 1. The Morgan fingerprint density at radius 2 is 1.91 bits per heavy atom. The summed E-state index contributed by atoms with van der Waals surface area (Å²) in [6, 6.07) is 0.211. The van der Waals surface area contributed by atoms with E-state index in [9.17, 15) is 8.42 Å². The number of rotatable bonds is 3. The van der Waals surface area contributed by atoms with E-state index < -0.39 is 10.0 Å². The van der Waals surface area contributed by atoms with Gasteiger partial charge in [0.1, 0.15) is 0 Å². The molecule has 2 atom stereocenters. The molecule has 1 fully saturated rings. The van der Waals surface area contributed by atoms with Crippen LogP contribution in [0.15, 0.2) is 0 Å². The third kappa shape index (κ3) is 2.17. The maximum absolute atomic E-state index is 11.2. The molecule has 0 aromatic rings. The molecular formula is C7H15NO2S. The van der Waals surface area contributed by atoms with Crippen LogP contribution in [0, 0.1) is 5.92 Å². The summed E-state index contributed by atoms with van der Waals surface area (Å²) in [5.74, 6) is 0.531. The van der Waals surface area contributed by atoms with E-state index in [1.165, 1.54) is 0 Å². The van der Waals surface area contributed by atoms with Gasteiger partial charge < -0.3 is 0 Å². The fourth-order valence-electron chi connectivity index (χ4n) is 0.833. The summed E-state index contributed by atoms with van der Waals surface area (Å²) in [6.07, 6.45) is 0.992. The molecule has 66 valence electrons. The molecule has 0 spiro atoms. The van der Waals surface area contributed by atoms with Crippen molar-refractivity contribution in [3.8, 4) is 0 Å². The third-order valence-electron chi connectivity index (χ3n) is 2.05. The van der Waals surface area contributed by atoms with Gasteiger partial charge in [0, 0.05) is 6.04 Å². The molecule has 1 saturated carbocycles. The maximum Gasteiger partial charge on any atom is 0.214 e. The lowest BCUT2D eigenvalue weighted by Crippen LogP contribution is -2.33. The monoisotopic (exact) mass is 177 g/mol. The summed E-state index contributed by atoms with van der Waals surface area (Å²) in [5, 5.41) is -0.310. The second kappa shape index (κ2) is 2.75. The van der Waals surface area contributed by atoms with Crippen LogP contribution in [0.3, 0.4) is 0 Å². The lowest BCUT2D eigenvalue weighted by Gasteiger charge is -2.07. The molecule has 0 aromatic carbocycles. The van der Waals surface area contributed by atoms with Crippen molar-refractivity contribution in [3.05, 3.63) is 0 Å². The Hall–Kier alpha value is -0.0900. The van der Waals surface area contributed by atoms with Gasteiger partial charge in [0.25, 0.3) is 0 Å². The molecule has 0 saturated heterocycles. The highest BCUT2D eigenvalue weighted by molar-refractivity contribution is 7.90. The van der Waals surface area contributed by atoms with Crippen LogP contribution in [0.4, 0.5) is 0 Å². The lowest BCUT2D eigenvalue weighted by atomic mass is 10.5. The molecule has 4 heteroatoms. The zero-order valence-electron chi connectivity index (χ0n) is 7.16. The van der Waals surface area contributed by atoms with Crippen molar-refractivity contribution in [2.45, 2.75) is 38.5 Å². The standard InChI is InChI=1S/C7H15NO2S/c1-5(2)11(9,10)8-7-4-6(7)3/h5-8H,4H2,1-3H3/t6-,7-/m1/s1. The first-order chi connectivity index (χ1) is 4.93. The minimum Gasteiger partial charge on any atom is -0.212 e. The van der Waals surface area contributed by atoms with Crippen molar-refractivity contribution in [1.82, 2.24) is 4.72 Å². The zero-order chi connectivity index (χ0) is 8.65. The highest BCUT2D eigenvalue weighted by Crippen LogP contribution is 2.29. The van der Waals surface area contributed by atoms with Crippen molar-refractivity contribution in [1.29, 1.82) is 0 Å². The van der Waals surface area contributed by atoms with E-state index in [4.69, 9.17) is 0 Å². The predicted molar refractivity (Wildman–Crippen MR) is 44.8 cm³/mol. The first kappa shape index (κ1) is 9.00. The van der Waals surface area contributed by atoms with E-state index in [2.05, 4.69) is 4.72 Å². The van der Waals surface area contributed by atoms with Crippen LogP contribution in [0.1, 0.15) is 27.2 Å². The van der Waals surface area contributed by atoms with Gasteiger partial charge in [-0.2, -0.15) is 0 Å². The molecule has 0 bridgehead atoms. The van der Waals surface area contributed by atoms with Gasteiger partial charge in [0.15, 0.2) is 0 Å². The minimum absolute atomic E-state index is 0.211. The molecule has 0 unspecified atom stereocenters. The average molecular weight is 177 g/mol. The van der Waals surface area contributed by atoms with Crippen molar-refractivity contribution in [2.24, 2.45) is 5.92 Å². The number of hydrogen-bond donors (Lipinski definition) is 1. The molecule has 3 nitrogen and oxygen atoms in total. The Morgan fingerprint density at radius 1 is 1.45 bits per heavy atom. The molecule has 1 aliphatic rings. The van der Waals surface area contributed by atoms with E-state index in [0.717, 1.165) is 6.42 Å². The van der Waals surface area contributed by atoms with Gasteiger partial charge in [-0.25, -0.2) is 13.1 Å². The van der Waals surface area contributed by atoms with Crippen molar-refractivity contribution in [2.75, 3.05) is 0 Å². The highest BCUT2D eigenvalue weighted by Gasteiger charge is 2.36. The van der Waals surface area contributed by atoms with Gasteiger partial charge >= 0.3 is 0 Å². The van der Waals surface area contributed by atoms with Gasteiger partial charge in [-0.05, 0) is 26.2 Å². The van der Waals surface area contributed by atoms with Crippen LogP contribution >= 0.6 is 0 Å². The van der Waals surface area contributed by atoms with E-state index in [-0.39, 0.29) is 11.3 Å². The van der Waals surface area contributed by atoms with E-state index in [0.29, 0.717) is 5.92 Å². The first-order valence-corrected chi connectivity index (χ1v) is 5.49. The predicted octanol–water partition coefficient (Wildman–Crippen LogP) is 0.723.